The standard InChI is InChI=1S/C13H12N2O/c1-2-6-13(16)15-12(10-14)9-11-7-4-3-5-8-11/h3-5,7-8,12H,9H2,1H3,(H,15,16). The molecule has 1 aromatic rings. The van der Waals surface area contributed by atoms with Gasteiger partial charge >= 0.3 is 0 Å². The lowest BCUT2D eigenvalue weighted by atomic mass is 10.1. The minimum atomic E-state index is -0.532. The third-order valence-electron chi connectivity index (χ3n) is 1.98. The molecule has 0 saturated carbocycles. The van der Waals surface area contributed by atoms with E-state index in [1.54, 1.807) is 6.92 Å². The highest BCUT2D eigenvalue weighted by atomic mass is 16.1. The van der Waals surface area contributed by atoms with E-state index in [0.29, 0.717) is 6.42 Å². The minimum absolute atomic E-state index is 0.412. The van der Waals surface area contributed by atoms with Crippen LogP contribution in [0.2, 0.25) is 0 Å². The quantitative estimate of drug-likeness (QED) is 0.767. The number of hydrogen-bond acceptors (Lipinski definition) is 2. The van der Waals surface area contributed by atoms with E-state index in [2.05, 4.69) is 17.2 Å². The van der Waals surface area contributed by atoms with Crippen molar-refractivity contribution >= 4 is 5.91 Å². The molecule has 0 heterocycles. The molecular formula is C13H12N2O. The summed E-state index contributed by atoms with van der Waals surface area (Å²) in [5, 5.41) is 11.4. The van der Waals surface area contributed by atoms with Gasteiger partial charge in [0.1, 0.15) is 6.04 Å². The van der Waals surface area contributed by atoms with Gasteiger partial charge < -0.3 is 5.32 Å². The van der Waals surface area contributed by atoms with Gasteiger partial charge in [0.15, 0.2) is 0 Å². The van der Waals surface area contributed by atoms with Gasteiger partial charge in [-0.1, -0.05) is 36.3 Å². The van der Waals surface area contributed by atoms with Crippen molar-refractivity contribution in [3.63, 3.8) is 0 Å². The number of nitrogens with one attached hydrogen (secondary N) is 1. The highest BCUT2D eigenvalue weighted by Crippen LogP contribution is 2.02. The number of amides is 1. The second-order valence-corrected chi connectivity index (χ2v) is 3.22. The first-order chi connectivity index (χ1) is 7.76. The molecule has 1 amide bonds. The molecule has 1 atom stereocenters. The summed E-state index contributed by atoms with van der Waals surface area (Å²) < 4.78 is 0. The molecule has 1 rings (SSSR count). The van der Waals surface area contributed by atoms with Crippen molar-refractivity contribution in [1.29, 1.82) is 5.26 Å². The van der Waals surface area contributed by atoms with E-state index < -0.39 is 11.9 Å². The molecule has 3 nitrogen and oxygen atoms in total. The first-order valence-electron chi connectivity index (χ1n) is 4.93. The van der Waals surface area contributed by atoms with Crippen LogP contribution in [0.1, 0.15) is 12.5 Å². The minimum Gasteiger partial charge on any atom is -0.329 e. The Balaban J connectivity index is 2.59. The van der Waals surface area contributed by atoms with E-state index in [-0.39, 0.29) is 0 Å². The lowest BCUT2D eigenvalue weighted by Gasteiger charge is -2.08. The molecule has 0 fully saturated rings. The fraction of sp³-hybridized carbons (Fsp3) is 0.231. The summed E-state index contributed by atoms with van der Waals surface area (Å²) in [4.78, 5) is 11.2. The van der Waals surface area contributed by atoms with Crippen LogP contribution in [-0.4, -0.2) is 11.9 Å². The number of nitrogens with zero attached hydrogens (tertiary/aromatic N) is 1. The van der Waals surface area contributed by atoms with Crippen molar-refractivity contribution in [3.05, 3.63) is 35.9 Å². The maximum Gasteiger partial charge on any atom is 0.296 e. The Bertz CT molecular complexity index is 448. The Morgan fingerprint density at radius 3 is 2.69 bits per heavy atom. The second-order valence-electron chi connectivity index (χ2n) is 3.22. The molecule has 80 valence electrons. The second kappa shape index (κ2) is 6.27. The van der Waals surface area contributed by atoms with Crippen molar-refractivity contribution in [2.24, 2.45) is 0 Å². The van der Waals surface area contributed by atoms with Gasteiger partial charge in [0.05, 0.1) is 6.07 Å². The molecule has 0 bridgehead atoms. The van der Waals surface area contributed by atoms with E-state index in [1.807, 2.05) is 36.4 Å². The summed E-state index contributed by atoms with van der Waals surface area (Å²) in [6.45, 7) is 1.58. The number of carbonyl (C=O) groups is 1. The van der Waals surface area contributed by atoms with E-state index in [4.69, 9.17) is 5.26 Å². The number of nitriles is 1. The summed E-state index contributed by atoms with van der Waals surface area (Å²) in [7, 11) is 0. The van der Waals surface area contributed by atoms with Crippen LogP contribution in [0.5, 0.6) is 0 Å². The van der Waals surface area contributed by atoms with Gasteiger partial charge in [-0.3, -0.25) is 4.79 Å². The largest absolute Gasteiger partial charge is 0.329 e. The molecule has 0 spiro atoms. The smallest absolute Gasteiger partial charge is 0.296 e. The van der Waals surface area contributed by atoms with Gasteiger partial charge in [-0.25, -0.2) is 0 Å². The number of carbonyl (C=O) groups excluding carboxylic acids is 1. The van der Waals surface area contributed by atoms with E-state index >= 15 is 0 Å². The number of benzene rings is 1. The zero-order valence-electron chi connectivity index (χ0n) is 9.03. The Morgan fingerprint density at radius 2 is 2.12 bits per heavy atom. The topological polar surface area (TPSA) is 52.9 Å². The monoisotopic (exact) mass is 212 g/mol. The van der Waals surface area contributed by atoms with Gasteiger partial charge in [0.25, 0.3) is 5.91 Å². The van der Waals surface area contributed by atoms with E-state index in [1.165, 1.54) is 0 Å². The van der Waals surface area contributed by atoms with Crippen molar-refractivity contribution in [2.45, 2.75) is 19.4 Å². The molecule has 0 aromatic heterocycles. The third kappa shape index (κ3) is 3.86. The third-order valence-corrected chi connectivity index (χ3v) is 1.98. The zero-order valence-corrected chi connectivity index (χ0v) is 9.03. The van der Waals surface area contributed by atoms with Gasteiger partial charge in [0, 0.05) is 6.42 Å². The van der Waals surface area contributed by atoms with Crippen molar-refractivity contribution in [3.8, 4) is 17.9 Å². The lowest BCUT2D eigenvalue weighted by Crippen LogP contribution is -2.34. The fourth-order valence-electron chi connectivity index (χ4n) is 1.29. The molecule has 1 N–H and O–H groups in total. The van der Waals surface area contributed by atoms with E-state index in [9.17, 15) is 4.79 Å². The predicted octanol–water partition coefficient (Wildman–Crippen LogP) is 1.26. The van der Waals surface area contributed by atoms with Crippen LogP contribution in [0.3, 0.4) is 0 Å². The van der Waals surface area contributed by atoms with Gasteiger partial charge in [-0.2, -0.15) is 5.26 Å². The Hall–Kier alpha value is -2.26. The van der Waals surface area contributed by atoms with Crippen LogP contribution in [0.25, 0.3) is 0 Å². The first kappa shape index (κ1) is 11.8. The molecule has 0 aliphatic rings. The summed E-state index contributed by atoms with van der Waals surface area (Å²) in [5.74, 6) is 4.42. The van der Waals surface area contributed by atoms with Crippen LogP contribution in [0.4, 0.5) is 0 Å². The maximum atomic E-state index is 11.2. The average Bonchev–Trinajstić information content (AvgIpc) is 2.30. The molecule has 16 heavy (non-hydrogen) atoms. The van der Waals surface area contributed by atoms with Crippen LogP contribution < -0.4 is 5.32 Å². The van der Waals surface area contributed by atoms with Crippen LogP contribution >= 0.6 is 0 Å². The van der Waals surface area contributed by atoms with Crippen molar-refractivity contribution in [2.75, 3.05) is 0 Å². The number of hydrogen-bond donors (Lipinski definition) is 1. The summed E-state index contributed by atoms with van der Waals surface area (Å²) >= 11 is 0. The van der Waals surface area contributed by atoms with Gasteiger partial charge in [0.2, 0.25) is 0 Å². The summed E-state index contributed by atoms with van der Waals surface area (Å²) in [6.07, 6.45) is 0.495. The van der Waals surface area contributed by atoms with Crippen molar-refractivity contribution in [1.82, 2.24) is 5.32 Å². The van der Waals surface area contributed by atoms with Crippen LogP contribution in [-0.2, 0) is 11.2 Å². The van der Waals surface area contributed by atoms with Gasteiger partial charge in [-0.05, 0) is 18.4 Å². The zero-order chi connectivity index (χ0) is 11.8. The van der Waals surface area contributed by atoms with Gasteiger partial charge in [-0.15, -0.1) is 0 Å². The van der Waals surface area contributed by atoms with Crippen LogP contribution in [0.15, 0.2) is 30.3 Å². The maximum absolute atomic E-state index is 11.2. The highest BCUT2D eigenvalue weighted by molar-refractivity contribution is 5.93. The van der Waals surface area contributed by atoms with Crippen molar-refractivity contribution < 1.29 is 4.79 Å². The molecule has 1 aromatic carbocycles. The molecule has 0 aliphatic carbocycles. The molecule has 0 radical (unpaired) electrons. The lowest BCUT2D eigenvalue weighted by molar-refractivity contribution is -0.116. The Kier molecular flexibility index (Phi) is 4.63. The molecule has 0 saturated heterocycles. The number of rotatable bonds is 3. The normalized spacial score (nSPS) is 10.5. The summed E-state index contributed by atoms with van der Waals surface area (Å²) in [5.41, 5.74) is 1.01. The SMILES string of the molecule is CC#CC(=O)NC(C#N)Cc1ccccc1. The van der Waals surface area contributed by atoms with E-state index in [0.717, 1.165) is 5.56 Å². The Labute approximate surface area is 95.1 Å². The first-order valence-corrected chi connectivity index (χ1v) is 4.93. The molecule has 1 unspecified atom stereocenters. The predicted molar refractivity (Wildman–Crippen MR) is 61.1 cm³/mol. The fourth-order valence-corrected chi connectivity index (χ4v) is 1.29. The Morgan fingerprint density at radius 1 is 1.44 bits per heavy atom. The highest BCUT2D eigenvalue weighted by Gasteiger charge is 2.09. The molecule has 0 aliphatic heterocycles. The average molecular weight is 212 g/mol. The van der Waals surface area contributed by atoms with Crippen LogP contribution in [0, 0.1) is 23.2 Å². The molecule has 3 heteroatoms. The summed E-state index contributed by atoms with van der Waals surface area (Å²) in [6, 6.07) is 11.1. The molecular weight excluding hydrogens is 200 g/mol.